The fourth-order valence-electron chi connectivity index (χ4n) is 1.70. The molecule has 1 N–H and O–H groups in total. The maximum Gasteiger partial charge on any atom is 0.143 e. The molecule has 17 heavy (non-hydrogen) atoms. The van der Waals surface area contributed by atoms with Crippen LogP contribution in [0.4, 0.5) is 10.1 Å². The average Bonchev–Trinajstić information content (AvgIpc) is 2.78. The molecule has 0 bridgehead atoms. The molecule has 2 rings (SSSR count). The van der Waals surface area contributed by atoms with Crippen LogP contribution in [0.1, 0.15) is 24.8 Å². The van der Waals surface area contributed by atoms with Crippen molar-refractivity contribution in [2.75, 3.05) is 5.32 Å². The molecule has 2 nitrogen and oxygen atoms in total. The van der Waals surface area contributed by atoms with Gasteiger partial charge in [0.05, 0.1) is 24.1 Å². The zero-order chi connectivity index (χ0) is 12.3. The lowest BCUT2D eigenvalue weighted by Crippen LogP contribution is -2.15. The number of nitrogens with zero attached hydrogens (tertiary/aromatic N) is 1. The van der Waals surface area contributed by atoms with Crippen LogP contribution in [0.25, 0.3) is 0 Å². The Hall–Kier alpha value is -1.42. The molecule has 0 aliphatic rings. The highest BCUT2D eigenvalue weighted by atomic mass is 32.1. The Bertz CT molecular complexity index is 468. The van der Waals surface area contributed by atoms with Gasteiger partial charge in [0.1, 0.15) is 5.82 Å². The second-order valence-electron chi connectivity index (χ2n) is 4.27. The van der Waals surface area contributed by atoms with Crippen LogP contribution in [-0.4, -0.2) is 4.98 Å². The van der Waals surface area contributed by atoms with E-state index in [1.165, 1.54) is 17.1 Å². The molecule has 2 aromatic rings. The summed E-state index contributed by atoms with van der Waals surface area (Å²) in [7, 11) is 0. The number of thiophene rings is 1. The van der Waals surface area contributed by atoms with E-state index in [-0.39, 0.29) is 11.9 Å². The summed E-state index contributed by atoms with van der Waals surface area (Å²) in [5, 5.41) is 5.38. The number of anilines is 1. The standard InChI is InChI=1S/C13H15FN2S/c1-9(2)13(12-4-3-5-17-12)16-11-6-10(14)7-15-8-11/h3-9,13,16H,1-2H3. The van der Waals surface area contributed by atoms with E-state index in [2.05, 4.69) is 35.6 Å². The topological polar surface area (TPSA) is 24.9 Å². The van der Waals surface area contributed by atoms with Crippen molar-refractivity contribution in [2.45, 2.75) is 19.9 Å². The Kier molecular flexibility index (Phi) is 3.74. The monoisotopic (exact) mass is 250 g/mol. The van der Waals surface area contributed by atoms with Crippen LogP contribution in [0.5, 0.6) is 0 Å². The summed E-state index contributed by atoms with van der Waals surface area (Å²) < 4.78 is 13.1. The van der Waals surface area contributed by atoms with Gasteiger partial charge in [-0.2, -0.15) is 0 Å². The molecular formula is C13H15FN2S. The predicted molar refractivity (Wildman–Crippen MR) is 69.7 cm³/mol. The lowest BCUT2D eigenvalue weighted by molar-refractivity contribution is 0.552. The number of hydrogen-bond acceptors (Lipinski definition) is 3. The molecule has 1 unspecified atom stereocenters. The first kappa shape index (κ1) is 12.0. The van der Waals surface area contributed by atoms with Crippen LogP contribution in [0, 0.1) is 11.7 Å². The third kappa shape index (κ3) is 3.03. The molecule has 0 spiro atoms. The highest BCUT2D eigenvalue weighted by Gasteiger charge is 2.16. The molecule has 0 saturated carbocycles. The Morgan fingerprint density at radius 2 is 2.18 bits per heavy atom. The summed E-state index contributed by atoms with van der Waals surface area (Å²) in [6.45, 7) is 4.29. The number of rotatable bonds is 4. The van der Waals surface area contributed by atoms with Crippen LogP contribution in [0.15, 0.2) is 36.0 Å². The SMILES string of the molecule is CC(C)C(Nc1cncc(F)c1)c1cccs1. The van der Waals surface area contributed by atoms with E-state index in [4.69, 9.17) is 0 Å². The third-order valence-corrected chi connectivity index (χ3v) is 3.50. The van der Waals surface area contributed by atoms with E-state index in [1.807, 2.05) is 6.07 Å². The minimum absolute atomic E-state index is 0.193. The molecule has 0 saturated heterocycles. The van der Waals surface area contributed by atoms with Gasteiger partial charge in [-0.1, -0.05) is 19.9 Å². The van der Waals surface area contributed by atoms with Gasteiger partial charge in [-0.15, -0.1) is 11.3 Å². The zero-order valence-electron chi connectivity index (χ0n) is 9.85. The first-order valence-corrected chi connectivity index (χ1v) is 6.45. The first-order valence-electron chi connectivity index (χ1n) is 5.57. The lowest BCUT2D eigenvalue weighted by atomic mass is 10.0. The van der Waals surface area contributed by atoms with Gasteiger partial charge in [0.2, 0.25) is 0 Å². The van der Waals surface area contributed by atoms with Crippen molar-refractivity contribution in [3.05, 3.63) is 46.7 Å². The van der Waals surface area contributed by atoms with Crippen molar-refractivity contribution in [1.29, 1.82) is 0 Å². The smallest absolute Gasteiger partial charge is 0.143 e. The van der Waals surface area contributed by atoms with Crippen molar-refractivity contribution in [1.82, 2.24) is 4.98 Å². The molecule has 90 valence electrons. The van der Waals surface area contributed by atoms with Crippen molar-refractivity contribution < 1.29 is 4.39 Å². The van der Waals surface area contributed by atoms with E-state index in [1.54, 1.807) is 17.5 Å². The molecule has 0 aliphatic heterocycles. The summed E-state index contributed by atoms with van der Waals surface area (Å²) in [4.78, 5) is 5.10. The van der Waals surface area contributed by atoms with E-state index in [0.29, 0.717) is 5.92 Å². The summed E-state index contributed by atoms with van der Waals surface area (Å²) in [6, 6.07) is 5.78. The first-order chi connectivity index (χ1) is 8.16. The second kappa shape index (κ2) is 5.27. The van der Waals surface area contributed by atoms with E-state index in [0.717, 1.165) is 5.69 Å². The number of pyridine rings is 1. The second-order valence-corrected chi connectivity index (χ2v) is 5.25. The van der Waals surface area contributed by atoms with Gasteiger partial charge >= 0.3 is 0 Å². The van der Waals surface area contributed by atoms with E-state index < -0.39 is 0 Å². The molecular weight excluding hydrogens is 235 g/mol. The molecule has 1 atom stereocenters. The molecule has 0 radical (unpaired) electrons. The van der Waals surface area contributed by atoms with Crippen molar-refractivity contribution in [3.63, 3.8) is 0 Å². The minimum Gasteiger partial charge on any atom is -0.376 e. The molecule has 0 amide bonds. The van der Waals surface area contributed by atoms with Gasteiger partial charge < -0.3 is 5.32 Å². The summed E-state index contributed by atoms with van der Waals surface area (Å²) in [5.74, 6) is 0.112. The van der Waals surface area contributed by atoms with Crippen molar-refractivity contribution >= 4 is 17.0 Å². The highest BCUT2D eigenvalue weighted by molar-refractivity contribution is 7.10. The molecule has 2 heterocycles. The normalized spacial score (nSPS) is 12.7. The molecule has 0 aromatic carbocycles. The molecule has 2 aromatic heterocycles. The van der Waals surface area contributed by atoms with Gasteiger partial charge in [0.15, 0.2) is 0 Å². The average molecular weight is 250 g/mol. The number of halogens is 1. The number of nitrogens with one attached hydrogen (secondary N) is 1. The van der Waals surface area contributed by atoms with E-state index >= 15 is 0 Å². The van der Waals surface area contributed by atoms with Crippen molar-refractivity contribution in [2.24, 2.45) is 5.92 Å². The van der Waals surface area contributed by atoms with Gasteiger partial charge in [-0.25, -0.2) is 4.39 Å². The highest BCUT2D eigenvalue weighted by Crippen LogP contribution is 2.29. The Balaban J connectivity index is 2.19. The fourth-order valence-corrected chi connectivity index (χ4v) is 2.65. The number of hydrogen-bond donors (Lipinski definition) is 1. The molecule has 0 fully saturated rings. The van der Waals surface area contributed by atoms with Crippen LogP contribution >= 0.6 is 11.3 Å². The Labute approximate surface area is 105 Å². The quantitative estimate of drug-likeness (QED) is 0.884. The maximum absolute atomic E-state index is 13.1. The van der Waals surface area contributed by atoms with Crippen molar-refractivity contribution in [3.8, 4) is 0 Å². The van der Waals surface area contributed by atoms with Crippen LogP contribution in [0.2, 0.25) is 0 Å². The van der Waals surface area contributed by atoms with Gasteiger partial charge in [0, 0.05) is 10.9 Å². The van der Waals surface area contributed by atoms with Crippen LogP contribution in [-0.2, 0) is 0 Å². The predicted octanol–water partition coefficient (Wildman–Crippen LogP) is 4.09. The molecule has 4 heteroatoms. The number of aromatic nitrogens is 1. The van der Waals surface area contributed by atoms with E-state index in [9.17, 15) is 4.39 Å². The summed E-state index contributed by atoms with van der Waals surface area (Å²) in [6.07, 6.45) is 2.85. The minimum atomic E-state index is -0.316. The van der Waals surface area contributed by atoms with Gasteiger partial charge in [0.25, 0.3) is 0 Å². The molecule has 0 aliphatic carbocycles. The maximum atomic E-state index is 13.1. The Morgan fingerprint density at radius 1 is 1.35 bits per heavy atom. The zero-order valence-corrected chi connectivity index (χ0v) is 10.7. The van der Waals surface area contributed by atoms with Gasteiger partial charge in [-0.3, -0.25) is 4.98 Å². The largest absolute Gasteiger partial charge is 0.376 e. The van der Waals surface area contributed by atoms with Crippen LogP contribution in [0.3, 0.4) is 0 Å². The van der Waals surface area contributed by atoms with Gasteiger partial charge in [-0.05, 0) is 17.4 Å². The third-order valence-electron chi connectivity index (χ3n) is 2.54. The summed E-state index contributed by atoms with van der Waals surface area (Å²) in [5.41, 5.74) is 0.720. The van der Waals surface area contributed by atoms with Crippen LogP contribution < -0.4 is 5.32 Å². The summed E-state index contributed by atoms with van der Waals surface area (Å²) >= 11 is 1.71. The fraction of sp³-hybridized carbons (Fsp3) is 0.308. The Morgan fingerprint density at radius 3 is 2.76 bits per heavy atom. The lowest BCUT2D eigenvalue weighted by Gasteiger charge is -2.22.